The van der Waals surface area contributed by atoms with E-state index < -0.39 is 0 Å². The van der Waals surface area contributed by atoms with E-state index in [1.807, 2.05) is 111 Å². The van der Waals surface area contributed by atoms with Crippen LogP contribution in [0.1, 0.15) is 34.7 Å². The maximum absolute atomic E-state index is 6.46. The zero-order valence-electron chi connectivity index (χ0n) is 21.5. The second-order valence-electron chi connectivity index (χ2n) is 9.52. The van der Waals surface area contributed by atoms with Crippen molar-refractivity contribution in [3.63, 3.8) is 0 Å². The van der Waals surface area contributed by atoms with Crippen LogP contribution in [0.15, 0.2) is 108 Å². The Morgan fingerprint density at radius 1 is 0.897 bits per heavy atom. The van der Waals surface area contributed by atoms with E-state index >= 15 is 0 Å². The van der Waals surface area contributed by atoms with Crippen LogP contribution in [0, 0.1) is 13.8 Å². The van der Waals surface area contributed by atoms with E-state index in [0.717, 1.165) is 51.1 Å². The third-order valence-corrected chi connectivity index (χ3v) is 7.63. The first-order chi connectivity index (χ1) is 19.0. The predicted molar refractivity (Wildman–Crippen MR) is 160 cm³/mol. The Balaban J connectivity index is 1.36. The van der Waals surface area contributed by atoms with Gasteiger partial charge in [0.1, 0.15) is 29.1 Å². The molecule has 1 aliphatic heterocycles. The molecule has 0 spiro atoms. The highest BCUT2D eigenvalue weighted by Gasteiger charge is 2.42. The number of benzene rings is 3. The second-order valence-corrected chi connectivity index (χ2v) is 10.3. The minimum atomic E-state index is -0.259. The van der Waals surface area contributed by atoms with Gasteiger partial charge in [0.25, 0.3) is 0 Å². The van der Waals surface area contributed by atoms with Crippen LogP contribution >= 0.6 is 23.8 Å². The zero-order valence-corrected chi connectivity index (χ0v) is 23.0. The average molecular weight is 552 g/mol. The van der Waals surface area contributed by atoms with Crippen LogP contribution in [0.3, 0.4) is 0 Å². The number of para-hydroxylation sites is 1. The summed E-state index contributed by atoms with van der Waals surface area (Å²) in [6, 6.07) is 31.2. The number of aromatic nitrogens is 1. The molecule has 1 N–H and O–H groups in total. The van der Waals surface area contributed by atoms with Crippen molar-refractivity contribution < 1.29 is 9.15 Å². The van der Waals surface area contributed by atoms with Crippen LogP contribution in [0.2, 0.25) is 5.02 Å². The number of aryl methyl sites for hydroxylation is 2. The van der Waals surface area contributed by atoms with Gasteiger partial charge < -0.3 is 19.4 Å². The molecule has 6 rings (SSSR count). The topological polar surface area (TPSA) is 50.5 Å². The molecule has 0 saturated carbocycles. The van der Waals surface area contributed by atoms with Crippen LogP contribution in [-0.4, -0.2) is 10.1 Å². The molecule has 194 valence electrons. The first-order valence-corrected chi connectivity index (χ1v) is 13.5. The molecule has 1 aliphatic rings. The largest absolute Gasteiger partial charge is 0.459 e. The number of rotatable bonds is 6. The van der Waals surface area contributed by atoms with Crippen molar-refractivity contribution >= 4 is 34.6 Å². The molecule has 0 radical (unpaired) electrons. The van der Waals surface area contributed by atoms with Crippen molar-refractivity contribution in [3.05, 3.63) is 131 Å². The standard InChI is InChI=1S/C32H26ClN3O2S/c1-20-10-11-22(19-25(20)33)28-16-17-29(38-28)31-30(26-8-5-6-18-34-26)35-32(39)36(31)23-12-14-24(15-13-23)37-27-9-4-3-7-21(27)2/h3-19,30-31H,1-2H3,(H,35,39)/t30-,31+/m0/s1. The van der Waals surface area contributed by atoms with Crippen molar-refractivity contribution in [3.8, 4) is 22.8 Å². The molecule has 5 nitrogen and oxygen atoms in total. The van der Waals surface area contributed by atoms with E-state index in [1.165, 1.54) is 0 Å². The number of thiocarbonyl (C=S) groups is 1. The number of anilines is 1. The Morgan fingerprint density at radius 2 is 1.69 bits per heavy atom. The molecule has 1 fully saturated rings. The van der Waals surface area contributed by atoms with E-state index in [-0.39, 0.29) is 12.1 Å². The van der Waals surface area contributed by atoms with Crippen LogP contribution in [0.4, 0.5) is 5.69 Å². The third-order valence-electron chi connectivity index (χ3n) is 6.91. The van der Waals surface area contributed by atoms with Gasteiger partial charge in [0.15, 0.2) is 5.11 Å². The highest BCUT2D eigenvalue weighted by molar-refractivity contribution is 7.80. The Hall–Kier alpha value is -4.13. The van der Waals surface area contributed by atoms with Crippen molar-refractivity contribution in [1.29, 1.82) is 0 Å². The number of nitrogens with one attached hydrogen (secondary N) is 1. The average Bonchev–Trinajstić information content (AvgIpc) is 3.57. The smallest absolute Gasteiger partial charge is 0.174 e. The Kier molecular flexibility index (Phi) is 6.81. The van der Waals surface area contributed by atoms with Crippen molar-refractivity contribution in [2.24, 2.45) is 0 Å². The molecular formula is C32H26ClN3O2S. The first-order valence-electron chi connectivity index (χ1n) is 12.7. The lowest BCUT2D eigenvalue weighted by atomic mass is 10.0. The Morgan fingerprint density at radius 3 is 2.44 bits per heavy atom. The molecule has 3 aromatic carbocycles. The number of hydrogen-bond acceptors (Lipinski definition) is 4. The SMILES string of the molecule is Cc1ccc(-c2ccc([C@@H]3[C@H](c4ccccn4)NC(=S)N3c3ccc(Oc4ccccc4C)cc3)o2)cc1Cl. The highest BCUT2D eigenvalue weighted by atomic mass is 35.5. The van der Waals surface area contributed by atoms with Crippen LogP contribution in [-0.2, 0) is 0 Å². The summed E-state index contributed by atoms with van der Waals surface area (Å²) in [6.07, 6.45) is 1.79. The van der Waals surface area contributed by atoms with E-state index in [9.17, 15) is 0 Å². The summed E-state index contributed by atoms with van der Waals surface area (Å²) < 4.78 is 12.6. The van der Waals surface area contributed by atoms with Crippen LogP contribution < -0.4 is 15.0 Å². The molecule has 2 aromatic heterocycles. The first kappa shape index (κ1) is 25.2. The highest BCUT2D eigenvalue weighted by Crippen LogP contribution is 2.43. The minimum Gasteiger partial charge on any atom is -0.459 e. The van der Waals surface area contributed by atoms with Gasteiger partial charge in [0.2, 0.25) is 0 Å². The monoisotopic (exact) mass is 551 g/mol. The fourth-order valence-electron chi connectivity index (χ4n) is 4.81. The fourth-order valence-corrected chi connectivity index (χ4v) is 5.33. The van der Waals surface area contributed by atoms with Gasteiger partial charge in [-0.15, -0.1) is 0 Å². The predicted octanol–water partition coefficient (Wildman–Crippen LogP) is 8.58. The quantitative estimate of drug-likeness (QED) is 0.213. The second kappa shape index (κ2) is 10.6. The number of nitrogens with zero attached hydrogens (tertiary/aromatic N) is 2. The number of furan rings is 1. The van der Waals surface area contributed by atoms with Gasteiger partial charge >= 0.3 is 0 Å². The van der Waals surface area contributed by atoms with Crippen molar-refractivity contribution in [2.75, 3.05) is 4.90 Å². The summed E-state index contributed by atoms with van der Waals surface area (Å²) >= 11 is 12.3. The molecule has 0 aliphatic carbocycles. The number of ether oxygens (including phenoxy) is 1. The summed E-state index contributed by atoms with van der Waals surface area (Å²) in [5, 5.41) is 4.78. The number of hydrogen-bond donors (Lipinski definition) is 1. The molecule has 5 aromatic rings. The van der Waals surface area contributed by atoms with E-state index in [0.29, 0.717) is 10.1 Å². The fraction of sp³-hybridized carbons (Fsp3) is 0.125. The summed E-state index contributed by atoms with van der Waals surface area (Å²) in [7, 11) is 0. The maximum atomic E-state index is 6.46. The molecule has 0 unspecified atom stereocenters. The van der Waals surface area contributed by atoms with Crippen molar-refractivity contribution in [2.45, 2.75) is 25.9 Å². The van der Waals surface area contributed by atoms with E-state index in [1.54, 1.807) is 6.20 Å². The Labute approximate surface area is 238 Å². The van der Waals surface area contributed by atoms with Crippen LogP contribution in [0.5, 0.6) is 11.5 Å². The molecular weight excluding hydrogens is 526 g/mol. The molecule has 2 atom stereocenters. The molecule has 0 bridgehead atoms. The van der Waals surface area contributed by atoms with Gasteiger partial charge in [-0.1, -0.05) is 48.0 Å². The van der Waals surface area contributed by atoms with Crippen LogP contribution in [0.25, 0.3) is 11.3 Å². The normalized spacial score (nSPS) is 16.8. The van der Waals surface area contributed by atoms with Gasteiger partial charge in [-0.2, -0.15) is 0 Å². The summed E-state index contributed by atoms with van der Waals surface area (Å²) in [6.45, 7) is 4.01. The van der Waals surface area contributed by atoms with E-state index in [2.05, 4.69) is 15.2 Å². The van der Waals surface area contributed by atoms with Crippen molar-refractivity contribution in [1.82, 2.24) is 10.3 Å². The Bertz CT molecular complexity index is 1640. The third kappa shape index (κ3) is 5.01. The van der Waals surface area contributed by atoms with Gasteiger partial charge in [0, 0.05) is 22.5 Å². The molecule has 7 heteroatoms. The van der Waals surface area contributed by atoms with Gasteiger partial charge in [-0.3, -0.25) is 4.98 Å². The minimum absolute atomic E-state index is 0.206. The lowest BCUT2D eigenvalue weighted by Gasteiger charge is -2.26. The van der Waals surface area contributed by atoms with Gasteiger partial charge in [0.05, 0.1) is 11.7 Å². The van der Waals surface area contributed by atoms with E-state index in [4.69, 9.17) is 33.0 Å². The molecule has 1 saturated heterocycles. The lowest BCUT2D eigenvalue weighted by Crippen LogP contribution is -2.29. The molecule has 0 amide bonds. The molecule has 3 heterocycles. The van der Waals surface area contributed by atoms with Gasteiger partial charge in [-0.25, -0.2) is 0 Å². The van der Waals surface area contributed by atoms with Gasteiger partial charge in [-0.05, 0) is 97.9 Å². The number of pyridine rings is 1. The maximum Gasteiger partial charge on any atom is 0.174 e. The summed E-state index contributed by atoms with van der Waals surface area (Å²) in [4.78, 5) is 6.71. The lowest BCUT2D eigenvalue weighted by molar-refractivity contribution is 0.439. The summed E-state index contributed by atoms with van der Waals surface area (Å²) in [5.74, 6) is 3.09. The zero-order chi connectivity index (χ0) is 26.9. The number of halogens is 1. The molecule has 39 heavy (non-hydrogen) atoms. The summed E-state index contributed by atoms with van der Waals surface area (Å²) in [5.41, 5.74) is 4.82.